The molecule has 2 rings (SSSR count). The summed E-state index contributed by atoms with van der Waals surface area (Å²) in [5.74, 6) is 0.308. The standard InChI is InChI=1S/C16H18N2O3/c1-12-4-2-3-5-13(12)8-18-16(20)11-21-15-7-6-14(10-19)17-9-15/h2-7,9,19H,8,10-11H2,1H3,(H,18,20). The molecule has 0 spiro atoms. The number of aryl methyl sites for hydroxylation is 1. The van der Waals surface area contributed by atoms with E-state index >= 15 is 0 Å². The van der Waals surface area contributed by atoms with Crippen LogP contribution in [0.15, 0.2) is 42.6 Å². The van der Waals surface area contributed by atoms with E-state index in [0.29, 0.717) is 18.0 Å². The van der Waals surface area contributed by atoms with Crippen LogP contribution in [0.5, 0.6) is 5.75 Å². The minimum atomic E-state index is -0.190. The number of rotatable bonds is 6. The number of hydrogen-bond donors (Lipinski definition) is 2. The number of hydrogen-bond acceptors (Lipinski definition) is 4. The van der Waals surface area contributed by atoms with Gasteiger partial charge in [-0.05, 0) is 30.2 Å². The number of amides is 1. The van der Waals surface area contributed by atoms with Crippen LogP contribution in [-0.4, -0.2) is 22.6 Å². The normalized spacial score (nSPS) is 10.2. The van der Waals surface area contributed by atoms with Crippen LogP contribution in [0.25, 0.3) is 0 Å². The van der Waals surface area contributed by atoms with Crippen molar-refractivity contribution in [2.45, 2.75) is 20.1 Å². The van der Waals surface area contributed by atoms with Gasteiger partial charge in [0.1, 0.15) is 5.75 Å². The van der Waals surface area contributed by atoms with Gasteiger partial charge in [-0.2, -0.15) is 0 Å². The van der Waals surface area contributed by atoms with Crippen LogP contribution < -0.4 is 10.1 Å². The molecule has 1 amide bonds. The Morgan fingerprint density at radius 3 is 2.76 bits per heavy atom. The zero-order chi connectivity index (χ0) is 15.1. The van der Waals surface area contributed by atoms with E-state index in [1.165, 1.54) is 6.20 Å². The number of aromatic nitrogens is 1. The lowest BCUT2D eigenvalue weighted by Crippen LogP contribution is -2.28. The average molecular weight is 286 g/mol. The Morgan fingerprint density at radius 1 is 1.29 bits per heavy atom. The second-order valence-corrected chi connectivity index (χ2v) is 4.64. The summed E-state index contributed by atoms with van der Waals surface area (Å²) >= 11 is 0. The minimum Gasteiger partial charge on any atom is -0.482 e. The number of carbonyl (C=O) groups is 1. The summed E-state index contributed by atoms with van der Waals surface area (Å²) in [6, 6.07) is 11.2. The van der Waals surface area contributed by atoms with Crippen LogP contribution in [0.3, 0.4) is 0 Å². The lowest BCUT2D eigenvalue weighted by Gasteiger charge is -2.09. The Morgan fingerprint density at radius 2 is 2.10 bits per heavy atom. The third kappa shape index (κ3) is 4.57. The second-order valence-electron chi connectivity index (χ2n) is 4.64. The molecule has 0 bridgehead atoms. The Balaban J connectivity index is 1.78. The molecule has 5 nitrogen and oxygen atoms in total. The molecular formula is C16H18N2O3. The number of nitrogens with one attached hydrogen (secondary N) is 1. The van der Waals surface area contributed by atoms with Crippen LogP contribution >= 0.6 is 0 Å². The Labute approximate surface area is 123 Å². The number of ether oxygens (including phenoxy) is 1. The van der Waals surface area contributed by atoms with Gasteiger partial charge < -0.3 is 15.2 Å². The number of nitrogens with zero attached hydrogens (tertiary/aromatic N) is 1. The summed E-state index contributed by atoms with van der Waals surface area (Å²) < 4.78 is 5.33. The monoisotopic (exact) mass is 286 g/mol. The lowest BCUT2D eigenvalue weighted by atomic mass is 10.1. The summed E-state index contributed by atoms with van der Waals surface area (Å²) in [5.41, 5.74) is 2.79. The van der Waals surface area contributed by atoms with Gasteiger partial charge in [-0.3, -0.25) is 9.78 Å². The molecule has 5 heteroatoms. The van der Waals surface area contributed by atoms with E-state index in [1.807, 2.05) is 31.2 Å². The van der Waals surface area contributed by atoms with Crippen molar-refractivity contribution in [2.75, 3.05) is 6.61 Å². The van der Waals surface area contributed by atoms with Crippen molar-refractivity contribution < 1.29 is 14.6 Å². The van der Waals surface area contributed by atoms with Crippen molar-refractivity contribution in [2.24, 2.45) is 0 Å². The highest BCUT2D eigenvalue weighted by atomic mass is 16.5. The molecule has 0 fully saturated rings. The van der Waals surface area contributed by atoms with Crippen molar-refractivity contribution in [1.29, 1.82) is 0 Å². The van der Waals surface area contributed by atoms with E-state index in [2.05, 4.69) is 10.3 Å². The topological polar surface area (TPSA) is 71.5 Å². The third-order valence-corrected chi connectivity index (χ3v) is 3.07. The van der Waals surface area contributed by atoms with E-state index in [0.717, 1.165) is 11.1 Å². The first-order valence-electron chi connectivity index (χ1n) is 6.69. The van der Waals surface area contributed by atoms with E-state index in [4.69, 9.17) is 9.84 Å². The van der Waals surface area contributed by atoms with E-state index in [9.17, 15) is 4.79 Å². The van der Waals surface area contributed by atoms with E-state index in [-0.39, 0.29) is 19.1 Å². The summed E-state index contributed by atoms with van der Waals surface area (Å²) in [6.07, 6.45) is 1.49. The number of benzene rings is 1. The first kappa shape index (κ1) is 15.0. The minimum absolute atomic E-state index is 0.0635. The number of aliphatic hydroxyl groups is 1. The molecule has 1 aromatic heterocycles. The molecule has 0 atom stereocenters. The molecule has 0 aliphatic rings. The maximum atomic E-state index is 11.7. The second kappa shape index (κ2) is 7.40. The van der Waals surface area contributed by atoms with Gasteiger partial charge in [-0.25, -0.2) is 0 Å². The van der Waals surface area contributed by atoms with Crippen molar-refractivity contribution >= 4 is 5.91 Å². The smallest absolute Gasteiger partial charge is 0.258 e. The molecule has 0 unspecified atom stereocenters. The van der Waals surface area contributed by atoms with E-state index < -0.39 is 0 Å². The molecule has 1 heterocycles. The summed E-state index contributed by atoms with van der Waals surface area (Å²) in [7, 11) is 0. The van der Waals surface area contributed by atoms with Crippen molar-refractivity contribution in [3.05, 3.63) is 59.4 Å². The fourth-order valence-electron chi connectivity index (χ4n) is 1.79. The lowest BCUT2D eigenvalue weighted by molar-refractivity contribution is -0.123. The highest BCUT2D eigenvalue weighted by Crippen LogP contribution is 2.09. The Hall–Kier alpha value is -2.40. The summed E-state index contributed by atoms with van der Waals surface area (Å²) in [5, 5.41) is 11.7. The van der Waals surface area contributed by atoms with Crippen LogP contribution in [0, 0.1) is 6.92 Å². The van der Waals surface area contributed by atoms with Crippen LogP contribution in [0.4, 0.5) is 0 Å². The molecule has 1 aromatic carbocycles. The first-order valence-corrected chi connectivity index (χ1v) is 6.69. The van der Waals surface area contributed by atoms with Gasteiger partial charge in [0.25, 0.3) is 5.91 Å². The van der Waals surface area contributed by atoms with Gasteiger partial charge in [-0.1, -0.05) is 24.3 Å². The maximum Gasteiger partial charge on any atom is 0.258 e. The molecule has 0 saturated carbocycles. The fraction of sp³-hybridized carbons (Fsp3) is 0.250. The third-order valence-electron chi connectivity index (χ3n) is 3.07. The quantitative estimate of drug-likeness (QED) is 0.845. The molecule has 110 valence electrons. The van der Waals surface area contributed by atoms with Crippen LogP contribution in [-0.2, 0) is 17.9 Å². The van der Waals surface area contributed by atoms with Crippen molar-refractivity contribution in [1.82, 2.24) is 10.3 Å². The SMILES string of the molecule is Cc1ccccc1CNC(=O)COc1ccc(CO)nc1. The highest BCUT2D eigenvalue weighted by Gasteiger charge is 2.04. The van der Waals surface area contributed by atoms with Crippen molar-refractivity contribution in [3.63, 3.8) is 0 Å². The Bertz CT molecular complexity index is 597. The predicted octanol–water partition coefficient (Wildman–Crippen LogP) is 1.58. The largest absolute Gasteiger partial charge is 0.482 e. The van der Waals surface area contributed by atoms with Gasteiger partial charge in [0, 0.05) is 6.54 Å². The molecule has 2 aromatic rings. The maximum absolute atomic E-state index is 11.7. The Kier molecular flexibility index (Phi) is 5.29. The molecular weight excluding hydrogens is 268 g/mol. The molecule has 0 aliphatic carbocycles. The van der Waals surface area contributed by atoms with E-state index in [1.54, 1.807) is 12.1 Å². The fourth-order valence-corrected chi connectivity index (χ4v) is 1.79. The predicted molar refractivity (Wildman–Crippen MR) is 78.7 cm³/mol. The molecule has 2 N–H and O–H groups in total. The summed E-state index contributed by atoms with van der Waals surface area (Å²) in [6.45, 7) is 2.31. The average Bonchev–Trinajstić information content (AvgIpc) is 2.52. The molecule has 21 heavy (non-hydrogen) atoms. The van der Waals surface area contributed by atoms with Gasteiger partial charge in [-0.15, -0.1) is 0 Å². The first-order chi connectivity index (χ1) is 10.2. The summed E-state index contributed by atoms with van der Waals surface area (Å²) in [4.78, 5) is 15.7. The number of carbonyl (C=O) groups excluding carboxylic acids is 1. The molecule has 0 aliphatic heterocycles. The number of aliphatic hydroxyl groups excluding tert-OH is 1. The molecule has 0 radical (unpaired) electrons. The zero-order valence-corrected chi connectivity index (χ0v) is 11.9. The molecule has 0 saturated heterocycles. The number of pyridine rings is 1. The van der Waals surface area contributed by atoms with Gasteiger partial charge in [0.05, 0.1) is 18.5 Å². The van der Waals surface area contributed by atoms with Crippen molar-refractivity contribution in [3.8, 4) is 5.75 Å². The zero-order valence-electron chi connectivity index (χ0n) is 11.9. The van der Waals surface area contributed by atoms with Gasteiger partial charge >= 0.3 is 0 Å². The van der Waals surface area contributed by atoms with Gasteiger partial charge in [0.15, 0.2) is 6.61 Å². The van der Waals surface area contributed by atoms with Crippen LogP contribution in [0.1, 0.15) is 16.8 Å². The van der Waals surface area contributed by atoms with Gasteiger partial charge in [0.2, 0.25) is 0 Å². The van der Waals surface area contributed by atoms with Crippen LogP contribution in [0.2, 0.25) is 0 Å². The highest BCUT2D eigenvalue weighted by molar-refractivity contribution is 5.77.